The molecular weight excluding hydrogens is 1880 g/mol. The SMILES string of the molecule is CC(C)C1CC2(CCCCC2)N(O)C2(CCCCC2)C1.CC(C)C1CC2(CCCCC2)N(O)C2(CCOCC2)C1.CC1CCC2(CC1)CC(C(C)C)CC1(CCC(O)CC1)N2O.COP(C)(=O)OC1CCC2(CC1)CC(C(C)C)CC1(CCC(OP(=O)(CO)OC)CC1)N2O.[C-]#[N+]CCOP(=O)(OCC[N+]#[C-])OC1CCC2(CC1)CC(C(C)C)CC1(CCC(OP(=O)(OCCC#N)OCCC#N)CC1)N2O. The van der Waals surface area contributed by atoms with Crippen LogP contribution in [0.3, 0.4) is 0 Å². The molecule has 9 aliphatic carbocycles. The van der Waals surface area contributed by atoms with Crippen LogP contribution in [-0.4, -0.2) is 227 Å². The monoisotopic (exact) mass is 2060 g/mol. The molecular formula is C106H189N9O22P4. The summed E-state index contributed by atoms with van der Waals surface area (Å²) < 4.78 is 111. The molecule has 0 amide bonds. The largest absolute Gasteiger partial charge is 0.475 e. The molecule has 0 bridgehead atoms. The molecule has 810 valence electrons. The first-order valence-electron chi connectivity index (χ1n) is 55.5. The maximum atomic E-state index is 13.3. The van der Waals surface area contributed by atoms with Gasteiger partial charge in [-0.2, -0.15) is 35.8 Å². The van der Waals surface area contributed by atoms with E-state index in [9.17, 15) is 54.5 Å². The van der Waals surface area contributed by atoms with Crippen LogP contribution in [0, 0.1) is 101 Å². The molecule has 6 heterocycles. The molecule has 15 fully saturated rings. The summed E-state index contributed by atoms with van der Waals surface area (Å²) in [4.78, 5) is 6.44. The number of phosphoric acid groups is 2. The molecule has 15 aliphatic rings. The summed E-state index contributed by atoms with van der Waals surface area (Å²) in [7, 11) is -11.8. The van der Waals surface area contributed by atoms with Crippen molar-refractivity contribution in [1.82, 2.24) is 25.3 Å². The Morgan fingerprint density at radius 2 is 0.603 bits per heavy atom. The maximum Gasteiger partial charge on any atom is 0.475 e. The van der Waals surface area contributed by atoms with Crippen LogP contribution >= 0.6 is 30.8 Å². The number of phosphoric ester groups is 2. The summed E-state index contributed by atoms with van der Waals surface area (Å²) in [5, 5.41) is 103. The van der Waals surface area contributed by atoms with Gasteiger partial charge in [-0.1, -0.05) is 134 Å². The van der Waals surface area contributed by atoms with Gasteiger partial charge in [0.1, 0.15) is 19.6 Å². The number of hydrogen-bond donors (Lipinski definition) is 7. The normalized spacial score (nSPS) is 35.7. The average molecular weight is 2070 g/mol. The zero-order valence-corrected chi connectivity index (χ0v) is 92.7. The van der Waals surface area contributed by atoms with Crippen LogP contribution in [0.4, 0.5) is 0 Å². The second kappa shape index (κ2) is 52.5. The van der Waals surface area contributed by atoms with Crippen molar-refractivity contribution in [3.63, 3.8) is 0 Å². The van der Waals surface area contributed by atoms with Gasteiger partial charge in [-0.15, -0.1) is 0 Å². The summed E-state index contributed by atoms with van der Waals surface area (Å²) in [5.74, 6) is 7.01. The van der Waals surface area contributed by atoms with Gasteiger partial charge in [-0.05, 0) is 335 Å². The molecule has 0 radical (unpaired) electrons. The Morgan fingerprint density at radius 1 is 0.362 bits per heavy atom. The Bertz CT molecular complexity index is 3870. The number of piperidine rings is 5. The number of hydrogen-bond acceptors (Lipinski definition) is 29. The lowest BCUT2D eigenvalue weighted by molar-refractivity contribution is -0.295. The Kier molecular flexibility index (Phi) is 44.4. The van der Waals surface area contributed by atoms with E-state index in [1.54, 1.807) is 10.1 Å². The fourth-order valence-electron chi connectivity index (χ4n) is 28.9. The first-order chi connectivity index (χ1) is 66.9. The third-order valence-corrected chi connectivity index (χ3v) is 43.7. The fraction of sp³-hybridized carbons (Fsp3) is 0.962. The minimum atomic E-state index is -3.98. The van der Waals surface area contributed by atoms with Gasteiger partial charge >= 0.3 is 30.8 Å². The van der Waals surface area contributed by atoms with Gasteiger partial charge in [0, 0.05) is 83.9 Å². The first kappa shape index (κ1) is 119. The number of aliphatic hydroxyl groups is 2. The molecule has 6 aliphatic heterocycles. The van der Waals surface area contributed by atoms with Crippen LogP contribution in [0.5, 0.6) is 0 Å². The van der Waals surface area contributed by atoms with Gasteiger partial charge in [0.2, 0.25) is 13.1 Å². The number of nitrogens with zero attached hydrogens (tertiary/aromatic N) is 9. The van der Waals surface area contributed by atoms with Crippen molar-refractivity contribution >= 4 is 30.8 Å². The quantitative estimate of drug-likeness (QED) is 0.0217. The van der Waals surface area contributed by atoms with E-state index in [1.165, 1.54) is 149 Å². The van der Waals surface area contributed by atoms with Crippen LogP contribution in [-0.2, 0) is 68.2 Å². The van der Waals surface area contributed by atoms with E-state index in [0.29, 0.717) is 99.7 Å². The van der Waals surface area contributed by atoms with Gasteiger partial charge in [-0.25, -0.2) is 22.3 Å². The number of ether oxygens (including phenoxy) is 1. The number of aliphatic hydroxyl groups excluding tert-OH is 2. The molecule has 7 N–H and O–H groups in total. The lowest BCUT2D eigenvalue weighted by atomic mass is 9.60. The van der Waals surface area contributed by atoms with Crippen molar-refractivity contribution in [1.29, 1.82) is 10.5 Å². The molecule has 10 spiro atoms. The van der Waals surface area contributed by atoms with E-state index in [0.717, 1.165) is 178 Å². The van der Waals surface area contributed by atoms with E-state index in [2.05, 4.69) is 85.9 Å². The van der Waals surface area contributed by atoms with Crippen molar-refractivity contribution in [2.45, 2.75) is 502 Å². The molecule has 9 saturated carbocycles. The van der Waals surface area contributed by atoms with Crippen LogP contribution < -0.4 is 0 Å². The minimum absolute atomic E-state index is 0.00275. The zero-order valence-electron chi connectivity index (χ0n) is 89.1. The van der Waals surface area contributed by atoms with Crippen LogP contribution in [0.2, 0.25) is 0 Å². The summed E-state index contributed by atoms with van der Waals surface area (Å²) in [6.07, 6.45) is 48.6. The molecule has 6 saturated heterocycles. The van der Waals surface area contributed by atoms with Gasteiger partial charge < -0.3 is 68.8 Å². The van der Waals surface area contributed by atoms with E-state index in [1.807, 2.05) is 27.3 Å². The first-order valence-corrected chi connectivity index (χ1v) is 62.1. The maximum absolute atomic E-state index is 13.3. The average Bonchev–Trinajstić information content (AvgIpc) is 0.936. The van der Waals surface area contributed by atoms with Crippen LogP contribution in [0.15, 0.2) is 0 Å². The topological polar surface area (TPSA) is 384 Å². The molecule has 0 aromatic rings. The van der Waals surface area contributed by atoms with Crippen molar-refractivity contribution in [2.24, 2.45) is 65.1 Å². The van der Waals surface area contributed by atoms with Crippen molar-refractivity contribution in [3.05, 3.63) is 22.8 Å². The minimum Gasteiger partial charge on any atom is -0.393 e. The van der Waals surface area contributed by atoms with Gasteiger partial charge in [0.25, 0.3) is 0 Å². The summed E-state index contributed by atoms with van der Waals surface area (Å²) in [5.41, 5.74) is -1.39. The lowest BCUT2D eigenvalue weighted by Crippen LogP contribution is -2.66. The van der Waals surface area contributed by atoms with Crippen molar-refractivity contribution < 1.29 is 104 Å². The smallest absolute Gasteiger partial charge is 0.393 e. The Labute approximate surface area is 848 Å². The molecule has 6 unspecified atom stereocenters. The Hall–Kier alpha value is -2.04. The second-order valence-electron chi connectivity index (χ2n) is 48.5. The molecule has 141 heavy (non-hydrogen) atoms. The molecule has 6 atom stereocenters. The van der Waals surface area contributed by atoms with Crippen molar-refractivity contribution in [3.8, 4) is 12.1 Å². The second-order valence-corrected chi connectivity index (χ2v) is 55.9. The van der Waals surface area contributed by atoms with Gasteiger partial charge in [-0.3, -0.25) is 36.3 Å². The van der Waals surface area contributed by atoms with E-state index < -0.39 is 60.5 Å². The van der Waals surface area contributed by atoms with Crippen LogP contribution in [0.1, 0.15) is 416 Å². The third kappa shape index (κ3) is 29.7. The predicted octanol–water partition coefficient (Wildman–Crippen LogP) is 26.0. The molecule has 31 nitrogen and oxygen atoms in total. The summed E-state index contributed by atoms with van der Waals surface area (Å²) in [6.45, 7) is 42.1. The number of hydroxylamine groups is 10. The van der Waals surface area contributed by atoms with E-state index in [4.69, 9.17) is 73.6 Å². The highest BCUT2D eigenvalue weighted by molar-refractivity contribution is 7.53. The Balaban J connectivity index is 0.000000175. The van der Waals surface area contributed by atoms with E-state index >= 15 is 0 Å². The van der Waals surface area contributed by atoms with Crippen molar-refractivity contribution in [2.75, 3.05) is 80.0 Å². The highest BCUT2D eigenvalue weighted by atomic mass is 31.2. The molecule has 15 rings (SSSR count). The summed E-state index contributed by atoms with van der Waals surface area (Å²) >= 11 is 0. The van der Waals surface area contributed by atoms with Gasteiger partial charge in [0.15, 0.2) is 0 Å². The van der Waals surface area contributed by atoms with Gasteiger partial charge in [0.05, 0.1) is 74.3 Å². The standard InChI is InChI=1S/C30H47N5O9P2.C22H43NO8P2.C19H35NO2.C18H33NO.C17H31NO2/c1-25(2)26-23-29(11-7-27(8-12-29)43-45(37,39-19-5-15-31)40-20-6-16-32)35(36)30(24-26)13-9-28(10-14-30)44-46(38,41-21-17-33-3)42-22-18-34-4;1-17(2)18-14-21(10-6-19(7-11-21)30-32(5,26)28-3)23(25)22(15-18)12-8-20(9-13-22)31-33(27,16-24)29-4;1-14(2)16-12-18(8-4-15(3)5-9-18)20(22)19(13-16)10-6-17(21)7-11-19;1-15(2)16-13-17(9-5-3-6-10-17)19(20)18(14-16)11-7-4-8-12-18;1-14(2)15-12-16(6-4-3-5-7-16)18(19)17(13-15)8-10-20-11-9-17/h25-28,36H,5-14,17-24H2,1-2H3;17-20,24-25H,6-16H2,1-5H3;14-17,21-22H,4-13H2,1-3H3;15-16,20H,3-14H2,1-2H3;14-15,19H,3-13H2,1-2H3. The predicted molar refractivity (Wildman–Crippen MR) is 543 cm³/mol. The number of nitriles is 2. The van der Waals surface area contributed by atoms with Crippen LogP contribution in [0.25, 0.3) is 9.69 Å². The Morgan fingerprint density at radius 3 is 0.851 bits per heavy atom. The lowest BCUT2D eigenvalue weighted by Gasteiger charge is -2.61. The number of rotatable bonds is 28. The third-order valence-electron chi connectivity index (χ3n) is 37.8. The van der Waals surface area contributed by atoms with E-state index in [-0.39, 0.29) is 115 Å². The fourth-order valence-corrected chi connectivity index (χ4v) is 33.5. The highest BCUT2D eigenvalue weighted by Gasteiger charge is 2.63. The highest BCUT2D eigenvalue weighted by Crippen LogP contribution is 2.64. The molecule has 35 heteroatoms. The molecule has 0 aromatic heterocycles. The zero-order chi connectivity index (χ0) is 103. The molecule has 0 aromatic carbocycles. The summed E-state index contributed by atoms with van der Waals surface area (Å²) in [6, 6.07) is 3.87.